The molecule has 1 saturated heterocycles. The summed E-state index contributed by atoms with van der Waals surface area (Å²) in [7, 11) is 1.44. The van der Waals surface area contributed by atoms with Gasteiger partial charge in [-0.1, -0.05) is 0 Å². The third kappa shape index (κ3) is 5.29. The number of hydrogen-bond acceptors (Lipinski definition) is 5. The van der Waals surface area contributed by atoms with E-state index in [1.807, 2.05) is 26.8 Å². The van der Waals surface area contributed by atoms with Crippen LogP contribution in [0.1, 0.15) is 26.0 Å². The second-order valence-electron chi connectivity index (χ2n) is 6.66. The minimum atomic E-state index is -0.579. The third-order valence-electron chi connectivity index (χ3n) is 4.69. The summed E-state index contributed by atoms with van der Waals surface area (Å²) in [6, 6.07) is 0.969. The Morgan fingerprint density at radius 1 is 1.33 bits per heavy atom. The molecule has 2 heterocycles. The first-order valence-electron chi connectivity index (χ1n) is 9.26. The fourth-order valence-electron chi connectivity index (χ4n) is 3.37. The van der Waals surface area contributed by atoms with E-state index in [1.54, 1.807) is 15.8 Å². The first-order valence-corrected chi connectivity index (χ1v) is 9.26. The highest BCUT2D eigenvalue weighted by Crippen LogP contribution is 2.20. The van der Waals surface area contributed by atoms with Crippen LogP contribution in [0.5, 0.6) is 0 Å². The number of methoxy groups -OCH3 is 1. The molecule has 0 radical (unpaired) electrons. The topological polar surface area (TPSA) is 96.8 Å². The summed E-state index contributed by atoms with van der Waals surface area (Å²) >= 11 is 0. The van der Waals surface area contributed by atoms with Gasteiger partial charge in [0.15, 0.2) is 0 Å². The van der Waals surface area contributed by atoms with Crippen molar-refractivity contribution in [2.75, 3.05) is 33.4 Å². The Morgan fingerprint density at radius 2 is 2.04 bits per heavy atom. The summed E-state index contributed by atoms with van der Waals surface area (Å²) in [6.45, 7) is 7.13. The van der Waals surface area contributed by atoms with Gasteiger partial charge in [-0.25, -0.2) is 0 Å². The third-order valence-corrected chi connectivity index (χ3v) is 4.69. The van der Waals surface area contributed by atoms with Gasteiger partial charge in [0.05, 0.1) is 5.69 Å². The number of rotatable bonds is 8. The van der Waals surface area contributed by atoms with E-state index in [-0.39, 0.29) is 36.9 Å². The number of likely N-dealkylation sites (N-methyl/N-ethyl adjacent to an activating group) is 1. The van der Waals surface area contributed by atoms with Crippen molar-refractivity contribution in [3.8, 4) is 0 Å². The van der Waals surface area contributed by atoms with E-state index in [9.17, 15) is 14.4 Å². The minimum absolute atomic E-state index is 0.0880. The molecule has 0 unspecified atom stereocenters. The quantitative estimate of drug-likeness (QED) is 0.674. The molecule has 9 nitrogen and oxygen atoms in total. The van der Waals surface area contributed by atoms with Gasteiger partial charge in [0.25, 0.3) is 0 Å². The van der Waals surface area contributed by atoms with Crippen LogP contribution in [0.3, 0.4) is 0 Å². The molecule has 1 aliphatic rings. The molecular weight excluding hydrogens is 350 g/mol. The molecular formula is C18H29N5O4. The lowest BCUT2D eigenvalue weighted by Gasteiger charge is -2.28. The molecule has 1 N–H and O–H groups in total. The highest BCUT2D eigenvalue weighted by Gasteiger charge is 2.41. The molecule has 1 fully saturated rings. The van der Waals surface area contributed by atoms with E-state index < -0.39 is 6.04 Å². The molecule has 0 spiro atoms. The molecule has 1 aromatic rings. The average Bonchev–Trinajstić information content (AvgIpc) is 3.22. The minimum Gasteiger partial charge on any atom is -0.375 e. The number of amides is 3. The molecule has 0 aliphatic carbocycles. The Kier molecular flexibility index (Phi) is 7.35. The molecule has 3 amide bonds. The summed E-state index contributed by atoms with van der Waals surface area (Å²) in [4.78, 5) is 40.7. The van der Waals surface area contributed by atoms with Crippen molar-refractivity contribution in [2.45, 2.75) is 45.8 Å². The average molecular weight is 379 g/mol. The number of nitrogens with zero attached hydrogens (tertiary/aromatic N) is 4. The van der Waals surface area contributed by atoms with Crippen LogP contribution in [0, 0.1) is 6.92 Å². The Morgan fingerprint density at radius 3 is 2.59 bits per heavy atom. The lowest BCUT2D eigenvalue weighted by Crippen LogP contribution is -2.48. The number of aromatic nitrogens is 2. The maximum absolute atomic E-state index is 12.8. The smallest absolute Gasteiger partial charge is 0.249 e. The molecule has 2 rings (SSSR count). The molecule has 1 aliphatic heterocycles. The highest BCUT2D eigenvalue weighted by atomic mass is 16.5. The Labute approximate surface area is 159 Å². The zero-order valence-electron chi connectivity index (χ0n) is 16.5. The SMILES string of the molecule is CCN(CC)C(=O)[C@@H]1C[C@H](NC(=O)Cn2ccc(C)n2)CN1C(=O)COC. The number of hydrogen-bond donors (Lipinski definition) is 1. The maximum Gasteiger partial charge on any atom is 0.249 e. The molecule has 0 saturated carbocycles. The predicted molar refractivity (Wildman–Crippen MR) is 98.8 cm³/mol. The van der Waals surface area contributed by atoms with E-state index >= 15 is 0 Å². The summed E-state index contributed by atoms with van der Waals surface area (Å²) in [5, 5.41) is 7.11. The van der Waals surface area contributed by atoms with Gasteiger partial charge in [-0.05, 0) is 33.3 Å². The zero-order valence-corrected chi connectivity index (χ0v) is 16.5. The van der Waals surface area contributed by atoms with E-state index in [1.165, 1.54) is 12.0 Å². The van der Waals surface area contributed by atoms with Gasteiger partial charge in [0, 0.05) is 39.0 Å². The zero-order chi connectivity index (χ0) is 20.0. The van der Waals surface area contributed by atoms with Crippen LogP contribution in [0.25, 0.3) is 0 Å². The van der Waals surface area contributed by atoms with Crippen molar-refractivity contribution in [1.82, 2.24) is 24.9 Å². The maximum atomic E-state index is 12.8. The van der Waals surface area contributed by atoms with Gasteiger partial charge in [-0.2, -0.15) is 5.10 Å². The van der Waals surface area contributed by atoms with E-state index in [4.69, 9.17) is 4.74 Å². The predicted octanol–water partition coefficient (Wildman–Crippen LogP) is -0.208. The van der Waals surface area contributed by atoms with Gasteiger partial charge < -0.3 is 19.9 Å². The van der Waals surface area contributed by atoms with Gasteiger partial charge in [-0.15, -0.1) is 0 Å². The van der Waals surface area contributed by atoms with Crippen LogP contribution in [-0.2, 0) is 25.7 Å². The molecule has 2 atom stereocenters. The van der Waals surface area contributed by atoms with Crippen molar-refractivity contribution in [3.05, 3.63) is 18.0 Å². The summed E-state index contributed by atoms with van der Waals surface area (Å²) in [5.41, 5.74) is 0.838. The molecule has 0 aromatic carbocycles. The molecule has 9 heteroatoms. The Bertz CT molecular complexity index is 670. The summed E-state index contributed by atoms with van der Waals surface area (Å²) < 4.78 is 6.50. The monoisotopic (exact) mass is 379 g/mol. The summed E-state index contributed by atoms with van der Waals surface area (Å²) in [5.74, 6) is -0.537. The Balaban J connectivity index is 2.04. The highest BCUT2D eigenvalue weighted by molar-refractivity contribution is 5.89. The Hall–Kier alpha value is -2.42. The van der Waals surface area contributed by atoms with Gasteiger partial charge in [-0.3, -0.25) is 19.1 Å². The van der Waals surface area contributed by atoms with Crippen molar-refractivity contribution in [2.24, 2.45) is 0 Å². The fourth-order valence-corrected chi connectivity index (χ4v) is 3.37. The second kappa shape index (κ2) is 9.50. The van der Waals surface area contributed by atoms with Crippen molar-refractivity contribution in [1.29, 1.82) is 0 Å². The normalized spacial score (nSPS) is 19.2. The van der Waals surface area contributed by atoms with Crippen LogP contribution in [0.4, 0.5) is 0 Å². The van der Waals surface area contributed by atoms with E-state index in [0.717, 1.165) is 5.69 Å². The first-order chi connectivity index (χ1) is 12.9. The number of likely N-dealkylation sites (tertiary alicyclic amines) is 1. The molecule has 27 heavy (non-hydrogen) atoms. The number of carbonyl (C=O) groups excluding carboxylic acids is 3. The van der Waals surface area contributed by atoms with Crippen molar-refractivity contribution < 1.29 is 19.1 Å². The van der Waals surface area contributed by atoms with Gasteiger partial charge >= 0.3 is 0 Å². The van der Waals surface area contributed by atoms with Crippen LogP contribution in [0.15, 0.2) is 12.3 Å². The lowest BCUT2D eigenvalue weighted by molar-refractivity contribution is -0.145. The number of carbonyl (C=O) groups is 3. The first kappa shape index (κ1) is 20.9. The van der Waals surface area contributed by atoms with E-state index in [2.05, 4.69) is 10.4 Å². The molecule has 150 valence electrons. The number of ether oxygens (including phenoxy) is 1. The summed E-state index contributed by atoms with van der Waals surface area (Å²) in [6.07, 6.45) is 2.14. The number of nitrogens with one attached hydrogen (secondary N) is 1. The van der Waals surface area contributed by atoms with Crippen molar-refractivity contribution >= 4 is 17.7 Å². The van der Waals surface area contributed by atoms with Crippen LogP contribution in [-0.4, -0.2) is 82.7 Å². The van der Waals surface area contributed by atoms with E-state index in [0.29, 0.717) is 26.1 Å². The molecule has 0 bridgehead atoms. The lowest BCUT2D eigenvalue weighted by atomic mass is 10.1. The van der Waals surface area contributed by atoms with Crippen LogP contribution in [0.2, 0.25) is 0 Å². The van der Waals surface area contributed by atoms with Gasteiger partial charge in [0.1, 0.15) is 19.2 Å². The van der Waals surface area contributed by atoms with Crippen LogP contribution >= 0.6 is 0 Å². The van der Waals surface area contributed by atoms with Crippen LogP contribution < -0.4 is 5.32 Å². The molecule has 1 aromatic heterocycles. The largest absolute Gasteiger partial charge is 0.375 e. The van der Waals surface area contributed by atoms with Gasteiger partial charge in [0.2, 0.25) is 17.7 Å². The fraction of sp³-hybridized carbons (Fsp3) is 0.667. The number of aryl methyl sites for hydroxylation is 1. The standard InChI is InChI=1S/C18H29N5O4/c1-5-21(6-2)18(26)15-9-14(10-23(15)17(25)12-27-4)19-16(24)11-22-8-7-13(3)20-22/h7-8,14-15H,5-6,9-12H2,1-4H3,(H,19,24)/t14-,15-/m0/s1. The second-order valence-corrected chi connectivity index (χ2v) is 6.66. The van der Waals surface area contributed by atoms with Crippen molar-refractivity contribution in [3.63, 3.8) is 0 Å².